The monoisotopic (exact) mass is 470 g/mol. The van der Waals surface area contributed by atoms with Crippen molar-refractivity contribution in [3.05, 3.63) is 33.3 Å². The molecule has 1 unspecified atom stereocenters. The smallest absolute Gasteiger partial charge is 0.270 e. The lowest BCUT2D eigenvalue weighted by molar-refractivity contribution is -0.130. The lowest BCUT2D eigenvalue weighted by Gasteiger charge is -2.37. The van der Waals surface area contributed by atoms with Crippen molar-refractivity contribution in [3.63, 3.8) is 0 Å². The Labute approximate surface area is 198 Å². The van der Waals surface area contributed by atoms with Crippen LogP contribution in [-0.4, -0.2) is 79.7 Å². The molecule has 3 heterocycles. The van der Waals surface area contributed by atoms with Crippen LogP contribution < -0.4 is 10.9 Å². The van der Waals surface area contributed by atoms with Crippen molar-refractivity contribution in [1.29, 1.82) is 0 Å². The first kappa shape index (κ1) is 24.0. The molecule has 0 aromatic carbocycles. The third-order valence-corrected chi connectivity index (χ3v) is 6.41. The van der Waals surface area contributed by atoms with Crippen LogP contribution in [-0.2, 0) is 11.3 Å². The van der Waals surface area contributed by atoms with Gasteiger partial charge in [-0.25, -0.2) is 0 Å². The minimum absolute atomic E-state index is 0.0429. The number of aryl methyl sites for hydroxylation is 1. The zero-order valence-electron chi connectivity index (χ0n) is 20.5. The summed E-state index contributed by atoms with van der Waals surface area (Å²) in [5, 5.41) is 18.1. The second-order valence-corrected chi connectivity index (χ2v) is 9.97. The van der Waals surface area contributed by atoms with Gasteiger partial charge in [0.2, 0.25) is 11.8 Å². The summed E-state index contributed by atoms with van der Waals surface area (Å²) in [5.41, 5.74) is 0.609. The van der Waals surface area contributed by atoms with Crippen molar-refractivity contribution in [2.75, 3.05) is 26.7 Å². The van der Waals surface area contributed by atoms with E-state index in [1.165, 1.54) is 15.2 Å². The zero-order valence-corrected chi connectivity index (χ0v) is 20.5. The highest BCUT2D eigenvalue weighted by molar-refractivity contribution is 5.97. The second-order valence-electron chi connectivity index (χ2n) is 9.97. The van der Waals surface area contributed by atoms with Gasteiger partial charge in [0.1, 0.15) is 5.65 Å². The van der Waals surface area contributed by atoms with Crippen LogP contribution in [0, 0.1) is 12.8 Å². The van der Waals surface area contributed by atoms with E-state index in [4.69, 9.17) is 0 Å². The third kappa shape index (κ3) is 4.59. The minimum atomic E-state index is -0.589. The van der Waals surface area contributed by atoms with E-state index in [9.17, 15) is 19.5 Å². The highest BCUT2D eigenvalue weighted by Gasteiger charge is 2.30. The molecule has 2 aliphatic rings. The van der Waals surface area contributed by atoms with E-state index in [0.29, 0.717) is 30.0 Å². The van der Waals surface area contributed by atoms with Crippen molar-refractivity contribution >= 4 is 23.5 Å². The number of piperazine rings is 1. The molecule has 1 saturated heterocycles. The lowest BCUT2D eigenvalue weighted by Crippen LogP contribution is -2.52. The fourth-order valence-corrected chi connectivity index (χ4v) is 4.50. The van der Waals surface area contributed by atoms with Gasteiger partial charge in [-0.05, 0) is 45.7 Å². The van der Waals surface area contributed by atoms with Gasteiger partial charge in [-0.15, -0.1) is 0 Å². The van der Waals surface area contributed by atoms with Gasteiger partial charge in [-0.3, -0.25) is 19.0 Å². The van der Waals surface area contributed by atoms with E-state index in [1.807, 2.05) is 32.7 Å². The summed E-state index contributed by atoms with van der Waals surface area (Å²) < 4.78 is 2.72. The fraction of sp³-hybridized carbons (Fsp3) is 0.583. The van der Waals surface area contributed by atoms with E-state index in [2.05, 4.69) is 15.3 Å². The first-order chi connectivity index (χ1) is 16.1. The Balaban J connectivity index is 1.78. The van der Waals surface area contributed by atoms with Crippen LogP contribution in [0.15, 0.2) is 10.9 Å². The van der Waals surface area contributed by atoms with Gasteiger partial charge in [0.15, 0.2) is 5.56 Å². The lowest BCUT2D eigenvalue weighted by atomic mass is 10.1. The number of hydrogen-bond donors (Lipinski definition) is 2. The molecule has 0 spiro atoms. The largest absolute Gasteiger partial charge is 0.492 e. The molecule has 2 amide bonds. The molecular weight excluding hydrogens is 436 g/mol. The number of aromatic nitrogens is 3. The highest BCUT2D eigenvalue weighted by Crippen LogP contribution is 2.25. The number of nitrogens with zero attached hydrogens (tertiary/aromatic N) is 5. The van der Waals surface area contributed by atoms with Gasteiger partial charge < -0.3 is 20.2 Å². The molecule has 184 valence electrons. The van der Waals surface area contributed by atoms with E-state index in [-0.39, 0.29) is 29.5 Å². The number of carbonyl (C=O) groups is 2. The second kappa shape index (κ2) is 9.25. The maximum absolute atomic E-state index is 13.4. The van der Waals surface area contributed by atoms with Crippen LogP contribution in [0.4, 0.5) is 0 Å². The molecular formula is C24H34N6O4. The van der Waals surface area contributed by atoms with Crippen molar-refractivity contribution in [2.24, 2.45) is 5.92 Å². The summed E-state index contributed by atoms with van der Waals surface area (Å²) in [6, 6.07) is 0.137. The Morgan fingerprint density at radius 3 is 2.59 bits per heavy atom. The molecule has 10 heteroatoms. The van der Waals surface area contributed by atoms with Crippen molar-refractivity contribution in [2.45, 2.75) is 59.2 Å². The van der Waals surface area contributed by atoms with Gasteiger partial charge in [-0.2, -0.15) is 9.61 Å². The molecule has 1 aliphatic carbocycles. The summed E-state index contributed by atoms with van der Waals surface area (Å²) in [6.45, 7) is 10.3. The van der Waals surface area contributed by atoms with E-state index >= 15 is 0 Å². The minimum Gasteiger partial charge on any atom is -0.492 e. The summed E-state index contributed by atoms with van der Waals surface area (Å²) in [7, 11) is 2.04. The molecule has 0 radical (unpaired) electrons. The molecule has 1 atom stereocenters. The number of nitrogens with one attached hydrogen (secondary N) is 1. The molecule has 34 heavy (non-hydrogen) atoms. The Hall–Kier alpha value is -3.14. The van der Waals surface area contributed by atoms with Gasteiger partial charge in [0.05, 0.1) is 5.69 Å². The molecule has 2 fully saturated rings. The summed E-state index contributed by atoms with van der Waals surface area (Å²) in [4.78, 5) is 43.1. The van der Waals surface area contributed by atoms with Crippen LogP contribution in [0.3, 0.4) is 0 Å². The Morgan fingerprint density at radius 2 is 1.97 bits per heavy atom. The standard InChI is InChI=1S/C24H34N6O4/c1-14(2)12-29-22-18(8-9-19(31)28-11-10-27(5)13-15(28)3)16(4)26-30(22)24(34)20(23(29)33)21(32)25-17-6-7-17/h8-9,14-15,17,34H,6-7,10-13H2,1-5H3,(H,25,32). The number of amides is 2. The van der Waals surface area contributed by atoms with Gasteiger partial charge in [0.25, 0.3) is 11.5 Å². The SMILES string of the molecule is Cc1nn2c(O)c(C(=O)NC3CC3)c(=O)n(CC(C)C)c2c1C=CC(=O)N1CCN(C)CC1C. The molecule has 10 nitrogen and oxygen atoms in total. The van der Waals surface area contributed by atoms with Crippen LogP contribution in [0.1, 0.15) is 55.2 Å². The molecule has 1 aliphatic heterocycles. The van der Waals surface area contributed by atoms with Crippen LogP contribution in [0.5, 0.6) is 5.88 Å². The topological polar surface area (TPSA) is 112 Å². The maximum atomic E-state index is 13.4. The quantitative estimate of drug-likeness (QED) is 0.615. The average Bonchev–Trinajstić information content (AvgIpc) is 3.50. The molecule has 2 aromatic heterocycles. The number of hydrogen-bond acceptors (Lipinski definition) is 6. The van der Waals surface area contributed by atoms with Gasteiger partial charge in [0, 0.05) is 49.9 Å². The molecule has 1 saturated carbocycles. The fourth-order valence-electron chi connectivity index (χ4n) is 4.50. The van der Waals surface area contributed by atoms with Crippen LogP contribution >= 0.6 is 0 Å². The summed E-state index contributed by atoms with van der Waals surface area (Å²) in [6.07, 6.45) is 4.89. The number of carbonyl (C=O) groups excluding carboxylic acids is 2. The number of likely N-dealkylation sites (N-methyl/N-ethyl adjacent to an activating group) is 1. The normalized spacial score (nSPS) is 19.5. The Morgan fingerprint density at radius 1 is 1.26 bits per heavy atom. The van der Waals surface area contributed by atoms with E-state index in [1.54, 1.807) is 13.0 Å². The Bertz CT molecular complexity index is 1210. The summed E-state index contributed by atoms with van der Waals surface area (Å²) in [5.74, 6) is -1.08. The predicted molar refractivity (Wildman–Crippen MR) is 129 cm³/mol. The summed E-state index contributed by atoms with van der Waals surface area (Å²) >= 11 is 0. The third-order valence-electron chi connectivity index (χ3n) is 6.41. The number of rotatable bonds is 6. The number of fused-ring (bicyclic) bond motifs is 1. The van der Waals surface area contributed by atoms with Crippen molar-refractivity contribution in [3.8, 4) is 5.88 Å². The van der Waals surface area contributed by atoms with Gasteiger partial charge >= 0.3 is 0 Å². The van der Waals surface area contributed by atoms with Crippen molar-refractivity contribution < 1.29 is 14.7 Å². The van der Waals surface area contributed by atoms with E-state index in [0.717, 1.165) is 25.9 Å². The van der Waals surface area contributed by atoms with Crippen LogP contribution in [0.25, 0.3) is 11.7 Å². The average molecular weight is 471 g/mol. The van der Waals surface area contributed by atoms with Gasteiger partial charge in [-0.1, -0.05) is 13.8 Å². The molecule has 2 aromatic rings. The first-order valence-electron chi connectivity index (χ1n) is 11.9. The number of aromatic hydroxyl groups is 1. The highest BCUT2D eigenvalue weighted by atomic mass is 16.3. The maximum Gasteiger partial charge on any atom is 0.270 e. The van der Waals surface area contributed by atoms with Crippen molar-refractivity contribution in [1.82, 2.24) is 29.3 Å². The molecule has 2 N–H and O–H groups in total. The zero-order chi connectivity index (χ0) is 24.7. The van der Waals surface area contributed by atoms with Crippen LogP contribution in [0.2, 0.25) is 0 Å². The predicted octanol–water partition coefficient (Wildman–Crippen LogP) is 1.23. The molecule has 0 bridgehead atoms. The Kier molecular flexibility index (Phi) is 6.53. The molecule has 4 rings (SSSR count). The first-order valence-corrected chi connectivity index (χ1v) is 11.9. The van der Waals surface area contributed by atoms with E-state index < -0.39 is 17.3 Å².